The summed E-state index contributed by atoms with van der Waals surface area (Å²) in [4.78, 5) is 0. The number of nitrogens with two attached hydrogens (primary N) is 1. The average Bonchev–Trinajstić information content (AvgIpc) is 2.15. The lowest BCUT2D eigenvalue weighted by Gasteiger charge is -2.25. The average molecular weight is 223 g/mol. The normalized spacial score (nSPS) is 17.9. The quantitative estimate of drug-likeness (QED) is 0.397. The zero-order valence-corrected chi connectivity index (χ0v) is 10.0. The van der Waals surface area contributed by atoms with Crippen molar-refractivity contribution in [3.63, 3.8) is 0 Å². The fraction of sp³-hybridized carbons (Fsp3) is 0.636. The van der Waals surface area contributed by atoms with Crippen LogP contribution in [0.2, 0.25) is 0 Å². The third-order valence-corrected chi connectivity index (χ3v) is 2.84. The Morgan fingerprint density at radius 3 is 2.75 bits per heavy atom. The molecule has 0 aliphatic heterocycles. The van der Waals surface area contributed by atoms with Gasteiger partial charge in [0.15, 0.2) is 0 Å². The number of nitrogens with one attached hydrogen (secondary N) is 3. The van der Waals surface area contributed by atoms with Gasteiger partial charge in [-0.25, -0.2) is 0 Å². The highest BCUT2D eigenvalue weighted by Crippen LogP contribution is 2.29. The molecule has 0 unspecified atom stereocenters. The molecule has 5 nitrogen and oxygen atoms in total. The van der Waals surface area contributed by atoms with Crippen molar-refractivity contribution in [3.8, 4) is 0 Å². The van der Waals surface area contributed by atoms with Crippen molar-refractivity contribution in [1.29, 1.82) is 5.41 Å². The minimum absolute atomic E-state index is 0.463. The van der Waals surface area contributed by atoms with Gasteiger partial charge in [0.1, 0.15) is 0 Å². The van der Waals surface area contributed by atoms with E-state index in [4.69, 9.17) is 11.1 Å². The van der Waals surface area contributed by atoms with Crippen molar-refractivity contribution in [3.05, 3.63) is 11.9 Å². The van der Waals surface area contributed by atoms with Crippen LogP contribution in [0.15, 0.2) is 17.0 Å². The molecule has 0 heterocycles. The first-order valence-corrected chi connectivity index (χ1v) is 5.63. The van der Waals surface area contributed by atoms with Crippen molar-refractivity contribution in [2.24, 2.45) is 16.8 Å². The van der Waals surface area contributed by atoms with Crippen LogP contribution >= 0.6 is 0 Å². The highest BCUT2D eigenvalue weighted by Gasteiger charge is 2.19. The Balaban J connectivity index is 2.28. The Hall–Kier alpha value is -1.52. The summed E-state index contributed by atoms with van der Waals surface area (Å²) in [7, 11) is 1.72. The number of hydrogen-bond acceptors (Lipinski definition) is 5. The molecule has 90 valence electrons. The van der Waals surface area contributed by atoms with Crippen LogP contribution in [0.25, 0.3) is 0 Å². The summed E-state index contributed by atoms with van der Waals surface area (Å²) in [5, 5.41) is 14.7. The van der Waals surface area contributed by atoms with Gasteiger partial charge >= 0.3 is 0 Å². The van der Waals surface area contributed by atoms with Gasteiger partial charge in [-0.05, 0) is 25.7 Å². The smallest absolute Gasteiger partial charge is 0.0797 e. The molecule has 1 rings (SSSR count). The molecule has 16 heavy (non-hydrogen) atoms. The Morgan fingerprint density at radius 1 is 1.56 bits per heavy atom. The van der Waals surface area contributed by atoms with Crippen molar-refractivity contribution >= 4 is 11.4 Å². The van der Waals surface area contributed by atoms with Crippen LogP contribution in [0.5, 0.6) is 0 Å². The van der Waals surface area contributed by atoms with Gasteiger partial charge in [-0.1, -0.05) is 6.42 Å². The van der Waals surface area contributed by atoms with Crippen molar-refractivity contribution in [2.45, 2.75) is 26.2 Å². The van der Waals surface area contributed by atoms with E-state index in [9.17, 15) is 0 Å². The fourth-order valence-corrected chi connectivity index (χ4v) is 1.49. The minimum Gasteiger partial charge on any atom is -0.401 e. The Kier molecular flexibility index (Phi) is 4.82. The van der Waals surface area contributed by atoms with Crippen molar-refractivity contribution in [2.75, 3.05) is 13.6 Å². The summed E-state index contributed by atoms with van der Waals surface area (Å²) in [5.41, 5.74) is 10.6. The predicted octanol–water partition coefficient (Wildman–Crippen LogP) is 0.791. The summed E-state index contributed by atoms with van der Waals surface area (Å²) >= 11 is 0. The number of nitrogens with zero attached hydrogens (tertiary/aromatic N) is 1. The van der Waals surface area contributed by atoms with E-state index >= 15 is 0 Å². The Bertz CT molecular complexity index is 301. The number of hydrogen-bond donors (Lipinski definition) is 4. The summed E-state index contributed by atoms with van der Waals surface area (Å²) < 4.78 is 0. The van der Waals surface area contributed by atoms with Gasteiger partial charge in [0, 0.05) is 18.9 Å². The molecule has 0 spiro atoms. The van der Waals surface area contributed by atoms with E-state index in [0.717, 1.165) is 5.70 Å². The van der Waals surface area contributed by atoms with E-state index in [1.807, 2.05) is 6.20 Å². The molecule has 5 heteroatoms. The largest absolute Gasteiger partial charge is 0.401 e. The molecular formula is C11H21N5. The number of allylic oxidation sites excluding steroid dienone is 1. The van der Waals surface area contributed by atoms with Crippen LogP contribution in [0.3, 0.4) is 0 Å². The summed E-state index contributed by atoms with van der Waals surface area (Å²) in [6, 6.07) is 0. The lowest BCUT2D eigenvalue weighted by atomic mass is 9.83. The molecule has 5 N–H and O–H groups in total. The maximum atomic E-state index is 7.71. The van der Waals surface area contributed by atoms with Crippen LogP contribution < -0.4 is 16.5 Å². The standard InChI is InChI=1S/C11H21N5/c1-8(16-14-2)10(12)6-15-7-11(13)9-4-3-5-9/h7,9,12,14-15H,3-6,13H2,1-2H3/b11-7-,12-10?,16-8-. The molecule has 0 bridgehead atoms. The number of rotatable bonds is 6. The summed E-state index contributed by atoms with van der Waals surface area (Å²) in [5.74, 6) is 0.550. The molecule has 0 aromatic rings. The van der Waals surface area contributed by atoms with Gasteiger partial charge < -0.3 is 21.9 Å². The van der Waals surface area contributed by atoms with Gasteiger partial charge in [0.2, 0.25) is 0 Å². The van der Waals surface area contributed by atoms with Crippen LogP contribution in [0.4, 0.5) is 0 Å². The second kappa shape index (κ2) is 6.15. The molecule has 0 aromatic carbocycles. The molecule has 1 fully saturated rings. The molecule has 1 saturated carbocycles. The molecule has 1 aliphatic carbocycles. The van der Waals surface area contributed by atoms with Gasteiger partial charge in [-0.2, -0.15) is 5.10 Å². The third-order valence-electron chi connectivity index (χ3n) is 2.84. The molecular weight excluding hydrogens is 202 g/mol. The van der Waals surface area contributed by atoms with Crippen LogP contribution in [0, 0.1) is 11.3 Å². The third kappa shape index (κ3) is 3.56. The summed E-state index contributed by atoms with van der Waals surface area (Å²) in [6.45, 7) is 2.27. The van der Waals surface area contributed by atoms with Crippen LogP contribution in [-0.2, 0) is 0 Å². The first-order valence-electron chi connectivity index (χ1n) is 5.63. The van der Waals surface area contributed by atoms with E-state index in [2.05, 4.69) is 15.8 Å². The predicted molar refractivity (Wildman–Crippen MR) is 67.5 cm³/mol. The van der Waals surface area contributed by atoms with Crippen LogP contribution in [0.1, 0.15) is 26.2 Å². The van der Waals surface area contributed by atoms with Crippen molar-refractivity contribution in [1.82, 2.24) is 10.7 Å². The summed E-state index contributed by atoms with van der Waals surface area (Å²) in [6.07, 6.45) is 5.50. The molecule has 0 amide bonds. The monoisotopic (exact) mass is 223 g/mol. The van der Waals surface area contributed by atoms with Crippen molar-refractivity contribution < 1.29 is 0 Å². The van der Waals surface area contributed by atoms with Gasteiger partial charge in [-0.15, -0.1) is 0 Å². The molecule has 0 atom stereocenters. The maximum absolute atomic E-state index is 7.71. The van der Waals surface area contributed by atoms with E-state index in [0.29, 0.717) is 23.9 Å². The second-order valence-electron chi connectivity index (χ2n) is 4.05. The fourth-order valence-electron chi connectivity index (χ4n) is 1.49. The maximum Gasteiger partial charge on any atom is 0.0797 e. The highest BCUT2D eigenvalue weighted by atomic mass is 15.3. The molecule has 0 radical (unpaired) electrons. The van der Waals surface area contributed by atoms with Crippen LogP contribution in [-0.4, -0.2) is 25.0 Å². The second-order valence-corrected chi connectivity index (χ2v) is 4.05. The Labute approximate surface area is 96.7 Å². The lowest BCUT2D eigenvalue weighted by molar-refractivity contribution is 0.363. The molecule has 0 saturated heterocycles. The first kappa shape index (κ1) is 12.5. The van der Waals surface area contributed by atoms with E-state index in [1.165, 1.54) is 19.3 Å². The first-order chi connectivity index (χ1) is 7.65. The molecule has 1 aliphatic rings. The minimum atomic E-state index is 0.463. The topological polar surface area (TPSA) is 86.3 Å². The highest BCUT2D eigenvalue weighted by molar-refractivity contribution is 6.41. The van der Waals surface area contributed by atoms with E-state index in [-0.39, 0.29) is 0 Å². The van der Waals surface area contributed by atoms with E-state index in [1.54, 1.807) is 14.0 Å². The number of hydrazone groups is 1. The van der Waals surface area contributed by atoms with Gasteiger partial charge in [0.25, 0.3) is 0 Å². The van der Waals surface area contributed by atoms with Gasteiger partial charge in [-0.3, -0.25) is 0 Å². The zero-order chi connectivity index (χ0) is 12.0. The molecule has 0 aromatic heterocycles. The zero-order valence-electron chi connectivity index (χ0n) is 10.0. The SMILES string of the molecule is CN/N=C(/C)C(=N)CN/C=C(\N)C1CCC1. The Morgan fingerprint density at radius 2 is 2.25 bits per heavy atom. The van der Waals surface area contributed by atoms with Gasteiger partial charge in [0.05, 0.1) is 18.0 Å². The lowest BCUT2D eigenvalue weighted by Crippen LogP contribution is -2.27. The van der Waals surface area contributed by atoms with E-state index < -0.39 is 0 Å².